The van der Waals surface area contributed by atoms with Gasteiger partial charge >= 0.3 is 6.18 Å². The van der Waals surface area contributed by atoms with Crippen LogP contribution in [0.1, 0.15) is 21.6 Å². The number of aromatic nitrogens is 4. The standard InChI is InChI=1S/C20H19F3N6O6/c1-33-14-8-11(13(29(31)32)9-15(14)34-2)6-7-24-19(30)12-10-25-28(18(12)20(21,22)23)16-4-5-17(35-3)27-26-16/h4-5,8-10H,6-7H2,1-3H3,(H,24,30). The second-order valence-corrected chi connectivity index (χ2v) is 6.85. The van der Waals surface area contributed by atoms with Gasteiger partial charge in [0.15, 0.2) is 23.0 Å². The molecule has 0 saturated carbocycles. The molecule has 12 nitrogen and oxygen atoms in total. The zero-order valence-electron chi connectivity index (χ0n) is 18.6. The van der Waals surface area contributed by atoms with E-state index in [1.807, 2.05) is 0 Å². The smallest absolute Gasteiger partial charge is 0.434 e. The number of carbonyl (C=O) groups excluding carboxylic acids is 1. The van der Waals surface area contributed by atoms with Crippen molar-refractivity contribution in [3.8, 4) is 23.2 Å². The summed E-state index contributed by atoms with van der Waals surface area (Å²) in [6, 6.07) is 5.02. The lowest BCUT2D eigenvalue weighted by molar-refractivity contribution is -0.385. The molecule has 35 heavy (non-hydrogen) atoms. The Hall–Kier alpha value is -4.43. The van der Waals surface area contributed by atoms with Crippen LogP contribution < -0.4 is 19.5 Å². The number of carbonyl (C=O) groups is 1. The molecule has 0 fully saturated rings. The van der Waals surface area contributed by atoms with Gasteiger partial charge in [-0.25, -0.2) is 4.68 Å². The Balaban J connectivity index is 1.83. The number of nitrogens with zero attached hydrogens (tertiary/aromatic N) is 5. The van der Waals surface area contributed by atoms with Gasteiger partial charge in [0.05, 0.1) is 44.1 Å². The third-order valence-electron chi connectivity index (χ3n) is 4.80. The summed E-state index contributed by atoms with van der Waals surface area (Å²) in [6.07, 6.45) is -4.27. The molecule has 0 aliphatic carbocycles. The molecule has 0 aliphatic rings. The predicted octanol–water partition coefficient (Wildman–Crippen LogP) is 2.59. The summed E-state index contributed by atoms with van der Waals surface area (Å²) < 4.78 is 56.9. The molecule has 3 aromatic rings. The summed E-state index contributed by atoms with van der Waals surface area (Å²) in [5.74, 6) is -0.917. The van der Waals surface area contributed by atoms with E-state index in [2.05, 4.69) is 20.6 Å². The van der Waals surface area contributed by atoms with Crippen molar-refractivity contribution in [1.29, 1.82) is 0 Å². The molecule has 0 saturated heterocycles. The van der Waals surface area contributed by atoms with E-state index in [0.29, 0.717) is 4.68 Å². The van der Waals surface area contributed by atoms with E-state index in [9.17, 15) is 28.1 Å². The third kappa shape index (κ3) is 5.39. The van der Waals surface area contributed by atoms with Crippen LogP contribution >= 0.6 is 0 Å². The second kappa shape index (κ2) is 10.2. The molecule has 0 aliphatic heterocycles. The highest BCUT2D eigenvalue weighted by molar-refractivity contribution is 5.95. The Kier molecular flexibility index (Phi) is 7.37. The number of halogens is 3. The molecule has 0 spiro atoms. The lowest BCUT2D eigenvalue weighted by Crippen LogP contribution is -2.28. The van der Waals surface area contributed by atoms with Crippen molar-refractivity contribution in [2.45, 2.75) is 12.6 Å². The van der Waals surface area contributed by atoms with Crippen LogP contribution in [0.25, 0.3) is 5.82 Å². The van der Waals surface area contributed by atoms with Crippen molar-refractivity contribution < 1.29 is 37.1 Å². The van der Waals surface area contributed by atoms with E-state index >= 15 is 0 Å². The number of nitro benzene ring substituents is 1. The van der Waals surface area contributed by atoms with Crippen molar-refractivity contribution in [2.24, 2.45) is 0 Å². The minimum atomic E-state index is -4.95. The van der Waals surface area contributed by atoms with E-state index in [-0.39, 0.29) is 47.4 Å². The van der Waals surface area contributed by atoms with E-state index in [1.165, 1.54) is 39.5 Å². The zero-order valence-corrected chi connectivity index (χ0v) is 18.6. The summed E-state index contributed by atoms with van der Waals surface area (Å²) in [4.78, 5) is 23.4. The van der Waals surface area contributed by atoms with Crippen LogP contribution in [-0.4, -0.2) is 58.7 Å². The van der Waals surface area contributed by atoms with Crippen LogP contribution in [-0.2, 0) is 12.6 Å². The van der Waals surface area contributed by atoms with Gasteiger partial charge in [0.1, 0.15) is 0 Å². The van der Waals surface area contributed by atoms with Crippen molar-refractivity contribution in [1.82, 2.24) is 25.3 Å². The molecule has 2 aromatic heterocycles. The first-order valence-electron chi connectivity index (χ1n) is 9.81. The number of benzene rings is 1. The van der Waals surface area contributed by atoms with Crippen LogP contribution in [0.4, 0.5) is 18.9 Å². The maximum absolute atomic E-state index is 13.8. The van der Waals surface area contributed by atoms with Crippen LogP contribution in [0.2, 0.25) is 0 Å². The van der Waals surface area contributed by atoms with Crippen molar-refractivity contribution in [2.75, 3.05) is 27.9 Å². The lowest BCUT2D eigenvalue weighted by atomic mass is 10.1. The first-order valence-corrected chi connectivity index (χ1v) is 9.81. The molecule has 0 bridgehead atoms. The Morgan fingerprint density at radius 3 is 2.34 bits per heavy atom. The first-order chi connectivity index (χ1) is 16.6. The average molecular weight is 496 g/mol. The first kappa shape index (κ1) is 25.2. The van der Waals surface area contributed by atoms with Gasteiger partial charge in [0, 0.05) is 18.2 Å². The normalized spacial score (nSPS) is 11.1. The fraction of sp³-hybridized carbons (Fsp3) is 0.300. The second-order valence-electron chi connectivity index (χ2n) is 6.85. The van der Waals surface area contributed by atoms with Gasteiger partial charge in [-0.3, -0.25) is 14.9 Å². The molecular weight excluding hydrogens is 477 g/mol. The molecule has 2 heterocycles. The number of ether oxygens (including phenoxy) is 3. The quantitative estimate of drug-likeness (QED) is 0.349. The highest BCUT2D eigenvalue weighted by Gasteiger charge is 2.41. The molecule has 15 heteroatoms. The minimum Gasteiger partial charge on any atom is -0.493 e. The molecule has 1 N–H and O–H groups in total. The molecule has 0 radical (unpaired) electrons. The Morgan fingerprint density at radius 1 is 1.11 bits per heavy atom. The Bertz CT molecular complexity index is 1230. The van der Waals surface area contributed by atoms with E-state index in [0.717, 1.165) is 12.3 Å². The maximum Gasteiger partial charge on any atom is 0.434 e. The highest BCUT2D eigenvalue weighted by Crippen LogP contribution is 2.35. The summed E-state index contributed by atoms with van der Waals surface area (Å²) in [5.41, 5.74) is -2.21. The number of alkyl halides is 3. The van der Waals surface area contributed by atoms with Crippen LogP contribution in [0.3, 0.4) is 0 Å². The molecule has 3 rings (SSSR count). The topological polar surface area (TPSA) is 144 Å². The summed E-state index contributed by atoms with van der Waals surface area (Å²) in [7, 11) is 3.98. The maximum atomic E-state index is 13.8. The Morgan fingerprint density at radius 2 is 1.80 bits per heavy atom. The zero-order chi connectivity index (χ0) is 25.8. The van der Waals surface area contributed by atoms with Gasteiger partial charge in [-0.15, -0.1) is 10.2 Å². The predicted molar refractivity (Wildman–Crippen MR) is 113 cm³/mol. The van der Waals surface area contributed by atoms with Crippen LogP contribution in [0.15, 0.2) is 30.5 Å². The fourth-order valence-corrected chi connectivity index (χ4v) is 3.18. The number of methoxy groups -OCH3 is 3. The number of hydrogen-bond acceptors (Lipinski definition) is 9. The molecule has 1 amide bonds. The molecule has 1 aromatic carbocycles. The monoisotopic (exact) mass is 496 g/mol. The molecule has 0 unspecified atom stereocenters. The van der Waals surface area contributed by atoms with Crippen molar-refractivity contribution in [3.63, 3.8) is 0 Å². The fourth-order valence-electron chi connectivity index (χ4n) is 3.18. The van der Waals surface area contributed by atoms with Gasteiger partial charge in [-0.1, -0.05) is 0 Å². The minimum absolute atomic E-state index is 0.0676. The van der Waals surface area contributed by atoms with Gasteiger partial charge in [0.25, 0.3) is 11.6 Å². The number of amides is 1. The molecular formula is C20H19F3N6O6. The summed E-state index contributed by atoms with van der Waals surface area (Å²) in [6.45, 7) is -0.208. The lowest BCUT2D eigenvalue weighted by Gasteiger charge is -2.13. The van der Waals surface area contributed by atoms with E-state index in [1.54, 1.807) is 0 Å². The van der Waals surface area contributed by atoms with Gasteiger partial charge in [0.2, 0.25) is 5.88 Å². The number of hydrogen-bond donors (Lipinski definition) is 1. The summed E-state index contributed by atoms with van der Waals surface area (Å²) in [5, 5.41) is 24.6. The summed E-state index contributed by atoms with van der Waals surface area (Å²) >= 11 is 0. The number of nitrogens with one attached hydrogen (secondary N) is 1. The van der Waals surface area contributed by atoms with Gasteiger partial charge < -0.3 is 19.5 Å². The SMILES string of the molecule is COc1ccc(-n2ncc(C(=O)NCCc3cc(OC)c(OC)cc3[N+](=O)[O-])c2C(F)(F)F)nn1. The van der Waals surface area contributed by atoms with Crippen LogP contribution in [0, 0.1) is 10.1 Å². The van der Waals surface area contributed by atoms with Crippen molar-refractivity contribution in [3.05, 3.63) is 57.4 Å². The third-order valence-corrected chi connectivity index (χ3v) is 4.80. The molecule has 186 valence electrons. The average Bonchev–Trinajstić information content (AvgIpc) is 3.29. The largest absolute Gasteiger partial charge is 0.493 e. The number of nitro groups is 1. The Labute approximate surface area is 195 Å². The highest BCUT2D eigenvalue weighted by atomic mass is 19.4. The van der Waals surface area contributed by atoms with Gasteiger partial charge in [-0.05, 0) is 18.6 Å². The van der Waals surface area contributed by atoms with Crippen molar-refractivity contribution >= 4 is 11.6 Å². The van der Waals surface area contributed by atoms with Crippen LogP contribution in [0.5, 0.6) is 17.4 Å². The van der Waals surface area contributed by atoms with E-state index < -0.39 is 28.3 Å². The van der Waals surface area contributed by atoms with E-state index in [4.69, 9.17) is 14.2 Å². The number of rotatable bonds is 9. The van der Waals surface area contributed by atoms with Gasteiger partial charge in [-0.2, -0.15) is 18.3 Å². The molecule has 0 atom stereocenters.